The highest BCUT2D eigenvalue weighted by molar-refractivity contribution is 6.33. The van der Waals surface area contributed by atoms with E-state index < -0.39 is 17.6 Å². The number of carboxylic acid groups (broad SMARTS) is 1. The fraction of sp³-hybridized carbons (Fsp3) is 0.0909. The molecule has 0 bridgehead atoms. The van der Waals surface area contributed by atoms with Gasteiger partial charge >= 0.3 is 5.97 Å². The highest BCUT2D eigenvalue weighted by Crippen LogP contribution is 2.31. The van der Waals surface area contributed by atoms with E-state index in [1.807, 2.05) is 0 Å². The smallest absolute Gasteiger partial charge is 0.356 e. The summed E-state index contributed by atoms with van der Waals surface area (Å²) < 4.78 is 27.6. The first kappa shape index (κ1) is 12.5. The number of halogens is 3. The molecule has 0 atom stereocenters. The number of aryl methyl sites for hydroxylation is 1. The van der Waals surface area contributed by atoms with E-state index in [-0.39, 0.29) is 22.0 Å². The second-order valence-corrected chi connectivity index (χ2v) is 3.97. The van der Waals surface area contributed by atoms with Gasteiger partial charge < -0.3 is 5.11 Å². The van der Waals surface area contributed by atoms with Crippen molar-refractivity contribution in [3.63, 3.8) is 0 Å². The molecule has 0 fully saturated rings. The number of aromatic nitrogens is 2. The second-order valence-electron chi connectivity index (χ2n) is 3.59. The third kappa shape index (κ3) is 2.06. The van der Waals surface area contributed by atoms with E-state index in [2.05, 4.69) is 5.10 Å². The molecule has 1 heterocycles. The number of nitrogens with zero attached hydrogens (tertiary/aromatic N) is 2. The van der Waals surface area contributed by atoms with Crippen LogP contribution in [0.1, 0.15) is 10.5 Å². The monoisotopic (exact) mass is 272 g/mol. The molecule has 0 saturated heterocycles. The minimum atomic E-state index is -1.23. The van der Waals surface area contributed by atoms with E-state index in [1.165, 1.54) is 17.8 Å². The Kier molecular flexibility index (Phi) is 3.04. The molecule has 1 aromatic heterocycles. The summed E-state index contributed by atoms with van der Waals surface area (Å²) in [5, 5.41) is 12.2. The van der Waals surface area contributed by atoms with Crippen LogP contribution in [0.25, 0.3) is 11.3 Å². The Labute approximate surface area is 105 Å². The Balaban J connectivity index is 2.65. The lowest BCUT2D eigenvalue weighted by Crippen LogP contribution is -1.99. The molecule has 0 aliphatic carbocycles. The molecule has 0 spiro atoms. The van der Waals surface area contributed by atoms with Crippen LogP contribution in [0, 0.1) is 11.6 Å². The summed E-state index contributed by atoms with van der Waals surface area (Å²) in [6.45, 7) is 0. The van der Waals surface area contributed by atoms with Crippen molar-refractivity contribution in [2.75, 3.05) is 0 Å². The highest BCUT2D eigenvalue weighted by Gasteiger charge is 2.17. The molecule has 0 unspecified atom stereocenters. The van der Waals surface area contributed by atoms with Crippen LogP contribution in [0.4, 0.5) is 8.78 Å². The molecule has 2 aromatic rings. The number of hydrogen-bond donors (Lipinski definition) is 1. The predicted octanol–water partition coefficient (Wildman–Crippen LogP) is 2.72. The standard InChI is InChI=1S/C11H7ClF2N2O2/c1-16-9(4-8(15-16)11(17)18)6-2-5(13)3-7(14)10(6)12/h2-4H,1H3,(H,17,18). The molecule has 0 radical (unpaired) electrons. The number of carbonyl (C=O) groups is 1. The fourth-order valence-corrected chi connectivity index (χ4v) is 1.77. The Morgan fingerprint density at radius 2 is 2.06 bits per heavy atom. The number of carboxylic acids is 1. The van der Waals surface area contributed by atoms with Gasteiger partial charge in [-0.3, -0.25) is 4.68 Å². The zero-order chi connectivity index (χ0) is 13.4. The molecule has 0 amide bonds. The summed E-state index contributed by atoms with van der Waals surface area (Å²) in [5.74, 6) is -2.94. The molecule has 0 aliphatic rings. The lowest BCUT2D eigenvalue weighted by molar-refractivity contribution is 0.0689. The van der Waals surface area contributed by atoms with Crippen LogP contribution >= 0.6 is 11.6 Å². The molecule has 1 N–H and O–H groups in total. The van der Waals surface area contributed by atoms with Gasteiger partial charge in [-0.1, -0.05) is 11.6 Å². The van der Waals surface area contributed by atoms with Gasteiger partial charge in [0, 0.05) is 18.7 Å². The van der Waals surface area contributed by atoms with E-state index in [1.54, 1.807) is 0 Å². The number of aromatic carboxylic acids is 1. The second kappa shape index (κ2) is 4.38. The Hall–Kier alpha value is -1.95. The molecule has 18 heavy (non-hydrogen) atoms. The molecule has 0 aliphatic heterocycles. The van der Waals surface area contributed by atoms with Gasteiger partial charge in [-0.05, 0) is 12.1 Å². The molecule has 1 aromatic carbocycles. The summed E-state index contributed by atoms with van der Waals surface area (Å²) in [5.41, 5.74) is 0.0423. The van der Waals surface area contributed by atoms with Crippen molar-refractivity contribution in [3.05, 3.63) is 40.6 Å². The van der Waals surface area contributed by atoms with Crippen LogP contribution in [0.2, 0.25) is 5.02 Å². The summed E-state index contributed by atoms with van der Waals surface area (Å²) in [7, 11) is 1.46. The van der Waals surface area contributed by atoms with Gasteiger partial charge in [0.05, 0.1) is 10.7 Å². The van der Waals surface area contributed by atoms with Gasteiger partial charge in [-0.2, -0.15) is 5.10 Å². The van der Waals surface area contributed by atoms with Gasteiger partial charge in [-0.25, -0.2) is 13.6 Å². The number of hydrogen-bond acceptors (Lipinski definition) is 2. The van der Waals surface area contributed by atoms with E-state index >= 15 is 0 Å². The zero-order valence-corrected chi connectivity index (χ0v) is 9.87. The lowest BCUT2D eigenvalue weighted by atomic mass is 10.1. The molecule has 0 saturated carbocycles. The van der Waals surface area contributed by atoms with Crippen molar-refractivity contribution >= 4 is 17.6 Å². The minimum absolute atomic E-state index is 0.0525. The van der Waals surface area contributed by atoms with Gasteiger partial charge in [0.25, 0.3) is 0 Å². The molecule has 2 rings (SSSR count). The lowest BCUT2D eigenvalue weighted by Gasteiger charge is -2.05. The summed E-state index contributed by atoms with van der Waals surface area (Å²) >= 11 is 5.73. The zero-order valence-electron chi connectivity index (χ0n) is 9.12. The van der Waals surface area contributed by atoms with Gasteiger partial charge in [0.15, 0.2) is 5.69 Å². The summed E-state index contributed by atoms with van der Waals surface area (Å²) in [6, 6.07) is 2.87. The number of rotatable bonds is 2. The third-order valence-electron chi connectivity index (χ3n) is 2.37. The molecule has 7 heteroatoms. The first-order valence-electron chi connectivity index (χ1n) is 4.82. The molecular formula is C11H7ClF2N2O2. The van der Waals surface area contributed by atoms with E-state index in [0.717, 1.165) is 6.07 Å². The van der Waals surface area contributed by atoms with E-state index in [9.17, 15) is 13.6 Å². The molecule has 94 valence electrons. The van der Waals surface area contributed by atoms with Crippen LogP contribution in [0.3, 0.4) is 0 Å². The Morgan fingerprint density at radius 1 is 1.39 bits per heavy atom. The summed E-state index contributed by atoms with van der Waals surface area (Å²) in [4.78, 5) is 10.8. The molecular weight excluding hydrogens is 266 g/mol. The first-order valence-corrected chi connectivity index (χ1v) is 5.20. The van der Waals surface area contributed by atoms with Crippen LogP contribution in [-0.2, 0) is 7.05 Å². The van der Waals surface area contributed by atoms with Crippen LogP contribution < -0.4 is 0 Å². The van der Waals surface area contributed by atoms with Gasteiger partial charge in [-0.15, -0.1) is 0 Å². The number of benzene rings is 1. The molecule has 4 nitrogen and oxygen atoms in total. The Morgan fingerprint density at radius 3 is 2.61 bits per heavy atom. The largest absolute Gasteiger partial charge is 0.476 e. The maximum Gasteiger partial charge on any atom is 0.356 e. The topological polar surface area (TPSA) is 55.1 Å². The highest BCUT2D eigenvalue weighted by atomic mass is 35.5. The SMILES string of the molecule is Cn1nc(C(=O)O)cc1-c1cc(F)cc(F)c1Cl. The van der Waals surface area contributed by atoms with Crippen molar-refractivity contribution < 1.29 is 18.7 Å². The van der Waals surface area contributed by atoms with Crippen LogP contribution in [0.15, 0.2) is 18.2 Å². The van der Waals surface area contributed by atoms with Gasteiger partial charge in [0.2, 0.25) is 0 Å². The predicted molar refractivity (Wildman–Crippen MR) is 60.5 cm³/mol. The maximum atomic E-state index is 13.3. The van der Waals surface area contributed by atoms with Gasteiger partial charge in [0.1, 0.15) is 11.6 Å². The van der Waals surface area contributed by atoms with Crippen LogP contribution in [0.5, 0.6) is 0 Å². The summed E-state index contributed by atoms with van der Waals surface area (Å²) in [6.07, 6.45) is 0. The minimum Gasteiger partial charge on any atom is -0.476 e. The van der Waals surface area contributed by atoms with Crippen molar-refractivity contribution in [1.29, 1.82) is 0 Å². The van der Waals surface area contributed by atoms with Crippen molar-refractivity contribution in [3.8, 4) is 11.3 Å². The van der Waals surface area contributed by atoms with E-state index in [0.29, 0.717) is 6.07 Å². The fourth-order valence-electron chi connectivity index (χ4n) is 1.57. The maximum absolute atomic E-state index is 13.3. The van der Waals surface area contributed by atoms with Crippen molar-refractivity contribution in [1.82, 2.24) is 9.78 Å². The third-order valence-corrected chi connectivity index (χ3v) is 2.75. The Bertz CT molecular complexity index is 640. The normalized spacial score (nSPS) is 10.7. The van der Waals surface area contributed by atoms with E-state index in [4.69, 9.17) is 16.7 Å². The average Bonchev–Trinajstić information content (AvgIpc) is 2.66. The van der Waals surface area contributed by atoms with Crippen molar-refractivity contribution in [2.24, 2.45) is 7.05 Å². The first-order chi connectivity index (χ1) is 8.40. The average molecular weight is 273 g/mol. The van der Waals surface area contributed by atoms with Crippen molar-refractivity contribution in [2.45, 2.75) is 0 Å². The quantitative estimate of drug-likeness (QED) is 0.855. The van der Waals surface area contributed by atoms with Crippen LogP contribution in [-0.4, -0.2) is 20.9 Å².